The van der Waals surface area contributed by atoms with Crippen LogP contribution in [0, 0.1) is 0 Å². The Hall–Kier alpha value is -1.50. The molecule has 0 bridgehead atoms. The van der Waals surface area contributed by atoms with Crippen molar-refractivity contribution in [3.05, 3.63) is 48.1 Å². The normalized spacial score (nSPS) is 12.0. The van der Waals surface area contributed by atoms with Crippen LogP contribution in [0.25, 0.3) is 5.57 Å². The van der Waals surface area contributed by atoms with Crippen molar-refractivity contribution in [3.63, 3.8) is 0 Å². The molecule has 0 fully saturated rings. The molecule has 0 N–H and O–H groups in total. The summed E-state index contributed by atoms with van der Waals surface area (Å²) in [6.45, 7) is 4.33. The van der Waals surface area contributed by atoms with E-state index < -0.39 is 0 Å². The number of benzene rings is 1. The van der Waals surface area contributed by atoms with Crippen LogP contribution in [0.15, 0.2) is 42.5 Å². The van der Waals surface area contributed by atoms with Crippen molar-refractivity contribution in [3.8, 4) is 5.75 Å². The standard InChI is InChI=1S/C20H30O/c1-4-6-8-9-10-11-13-18(12-7-5-2)19-14-16-20(21-3)17-15-19/h5,7,12,14-17H,4,6,8-11,13H2,1-3H3/b7-5+,18-12+. The lowest BCUT2D eigenvalue weighted by atomic mass is 9.98. The molecule has 0 saturated carbocycles. The summed E-state index contributed by atoms with van der Waals surface area (Å²) < 4.78 is 5.23. The van der Waals surface area contributed by atoms with Crippen molar-refractivity contribution < 1.29 is 4.74 Å². The van der Waals surface area contributed by atoms with E-state index >= 15 is 0 Å². The lowest BCUT2D eigenvalue weighted by molar-refractivity contribution is 0.415. The fourth-order valence-electron chi connectivity index (χ4n) is 2.44. The van der Waals surface area contributed by atoms with Crippen LogP contribution in [0.5, 0.6) is 5.75 Å². The van der Waals surface area contributed by atoms with Crippen molar-refractivity contribution in [2.75, 3.05) is 7.11 Å². The molecule has 0 aliphatic heterocycles. The lowest BCUT2D eigenvalue weighted by Gasteiger charge is -2.09. The maximum Gasteiger partial charge on any atom is 0.118 e. The predicted molar refractivity (Wildman–Crippen MR) is 93.8 cm³/mol. The summed E-state index contributed by atoms with van der Waals surface area (Å²) >= 11 is 0. The number of rotatable bonds is 10. The molecular formula is C20H30O. The molecule has 116 valence electrons. The number of methoxy groups -OCH3 is 1. The zero-order chi connectivity index (χ0) is 15.3. The van der Waals surface area contributed by atoms with Crippen LogP contribution in [0.1, 0.15) is 64.4 Å². The summed E-state index contributed by atoms with van der Waals surface area (Å²) in [5, 5.41) is 0. The van der Waals surface area contributed by atoms with Crippen LogP contribution in [0.3, 0.4) is 0 Å². The third-order valence-electron chi connectivity index (χ3n) is 3.75. The fourth-order valence-corrected chi connectivity index (χ4v) is 2.44. The van der Waals surface area contributed by atoms with E-state index in [9.17, 15) is 0 Å². The Morgan fingerprint density at radius 2 is 1.67 bits per heavy atom. The molecule has 21 heavy (non-hydrogen) atoms. The summed E-state index contributed by atoms with van der Waals surface area (Å²) in [4.78, 5) is 0. The van der Waals surface area contributed by atoms with Crippen molar-refractivity contribution in [1.29, 1.82) is 0 Å². The van der Waals surface area contributed by atoms with E-state index in [0.29, 0.717) is 0 Å². The molecule has 0 atom stereocenters. The van der Waals surface area contributed by atoms with Crippen LogP contribution < -0.4 is 4.74 Å². The first kappa shape index (κ1) is 17.6. The van der Waals surface area contributed by atoms with Gasteiger partial charge in [-0.2, -0.15) is 0 Å². The summed E-state index contributed by atoms with van der Waals surface area (Å²) in [7, 11) is 1.71. The second kappa shape index (κ2) is 11.2. The molecule has 1 rings (SSSR count). The smallest absolute Gasteiger partial charge is 0.118 e. The van der Waals surface area contributed by atoms with Gasteiger partial charge in [0.1, 0.15) is 5.75 Å². The van der Waals surface area contributed by atoms with E-state index in [1.165, 1.54) is 49.7 Å². The van der Waals surface area contributed by atoms with Crippen LogP contribution >= 0.6 is 0 Å². The molecule has 0 saturated heterocycles. The van der Waals surface area contributed by atoms with Gasteiger partial charge in [0.05, 0.1) is 7.11 Å². The monoisotopic (exact) mass is 286 g/mol. The SMILES string of the molecule is C/C=C/C=C(\CCCCCCCC)c1ccc(OC)cc1. The highest BCUT2D eigenvalue weighted by atomic mass is 16.5. The van der Waals surface area contributed by atoms with Gasteiger partial charge in [-0.3, -0.25) is 0 Å². The maximum atomic E-state index is 5.23. The first-order valence-electron chi connectivity index (χ1n) is 8.28. The molecule has 0 unspecified atom stereocenters. The number of ether oxygens (including phenoxy) is 1. The molecule has 0 amide bonds. The highest BCUT2D eigenvalue weighted by molar-refractivity contribution is 5.67. The van der Waals surface area contributed by atoms with Gasteiger partial charge in [-0.25, -0.2) is 0 Å². The second-order valence-electron chi connectivity index (χ2n) is 5.46. The zero-order valence-corrected chi connectivity index (χ0v) is 13.9. The van der Waals surface area contributed by atoms with Gasteiger partial charge in [0.15, 0.2) is 0 Å². The van der Waals surface area contributed by atoms with Gasteiger partial charge < -0.3 is 4.74 Å². The Morgan fingerprint density at radius 3 is 2.29 bits per heavy atom. The number of allylic oxidation sites excluding steroid dienone is 4. The molecular weight excluding hydrogens is 256 g/mol. The zero-order valence-electron chi connectivity index (χ0n) is 13.9. The minimum atomic E-state index is 0.920. The van der Waals surface area contributed by atoms with Gasteiger partial charge in [-0.1, -0.05) is 69.4 Å². The largest absolute Gasteiger partial charge is 0.497 e. The van der Waals surface area contributed by atoms with Crippen molar-refractivity contribution in [2.24, 2.45) is 0 Å². The Labute approximate surface area is 130 Å². The number of unbranched alkanes of at least 4 members (excludes halogenated alkanes) is 5. The third-order valence-corrected chi connectivity index (χ3v) is 3.75. The minimum absolute atomic E-state index is 0.920. The first-order valence-corrected chi connectivity index (χ1v) is 8.28. The lowest BCUT2D eigenvalue weighted by Crippen LogP contribution is -1.88. The number of hydrogen-bond donors (Lipinski definition) is 0. The average Bonchev–Trinajstić information content (AvgIpc) is 2.53. The third kappa shape index (κ3) is 7.17. The molecule has 0 radical (unpaired) electrons. The second-order valence-corrected chi connectivity index (χ2v) is 5.46. The summed E-state index contributed by atoms with van der Waals surface area (Å²) in [5.74, 6) is 0.920. The molecule has 0 aliphatic carbocycles. The number of hydrogen-bond acceptors (Lipinski definition) is 1. The first-order chi connectivity index (χ1) is 10.3. The van der Waals surface area contributed by atoms with E-state index in [0.717, 1.165) is 12.2 Å². The predicted octanol–water partition coefficient (Wildman–Crippen LogP) is 6.41. The van der Waals surface area contributed by atoms with Gasteiger partial charge in [0.2, 0.25) is 0 Å². The Bertz CT molecular complexity index is 426. The van der Waals surface area contributed by atoms with Gasteiger partial charge >= 0.3 is 0 Å². The Morgan fingerprint density at radius 1 is 1.00 bits per heavy atom. The Kier molecular flexibility index (Phi) is 9.35. The molecule has 1 aromatic carbocycles. The summed E-state index contributed by atoms with van der Waals surface area (Å²) in [6, 6.07) is 8.40. The molecule has 0 aliphatic rings. The van der Waals surface area contributed by atoms with E-state index in [2.05, 4.69) is 44.2 Å². The van der Waals surface area contributed by atoms with Crippen molar-refractivity contribution in [2.45, 2.75) is 58.8 Å². The van der Waals surface area contributed by atoms with Gasteiger partial charge in [-0.15, -0.1) is 0 Å². The molecule has 0 heterocycles. The summed E-state index contributed by atoms with van der Waals surface area (Å²) in [6.07, 6.45) is 15.7. The van der Waals surface area contributed by atoms with Gasteiger partial charge in [-0.05, 0) is 43.0 Å². The maximum absolute atomic E-state index is 5.23. The van der Waals surface area contributed by atoms with Crippen molar-refractivity contribution >= 4 is 5.57 Å². The van der Waals surface area contributed by atoms with Crippen LogP contribution in [0.4, 0.5) is 0 Å². The topological polar surface area (TPSA) is 9.23 Å². The molecule has 1 aromatic rings. The van der Waals surface area contributed by atoms with Crippen molar-refractivity contribution in [1.82, 2.24) is 0 Å². The van der Waals surface area contributed by atoms with E-state index in [-0.39, 0.29) is 0 Å². The van der Waals surface area contributed by atoms with Crippen LogP contribution in [-0.4, -0.2) is 7.11 Å². The molecule has 1 nitrogen and oxygen atoms in total. The van der Waals surface area contributed by atoms with Gasteiger partial charge in [0.25, 0.3) is 0 Å². The molecule has 1 heteroatoms. The molecule has 0 aromatic heterocycles. The highest BCUT2D eigenvalue weighted by Crippen LogP contribution is 2.24. The van der Waals surface area contributed by atoms with E-state index in [4.69, 9.17) is 4.74 Å². The van der Waals surface area contributed by atoms with E-state index in [1.54, 1.807) is 7.11 Å². The van der Waals surface area contributed by atoms with Crippen LogP contribution in [0.2, 0.25) is 0 Å². The minimum Gasteiger partial charge on any atom is -0.497 e. The van der Waals surface area contributed by atoms with Crippen LogP contribution in [-0.2, 0) is 0 Å². The fraction of sp³-hybridized carbons (Fsp3) is 0.500. The van der Waals surface area contributed by atoms with E-state index in [1.807, 2.05) is 12.1 Å². The summed E-state index contributed by atoms with van der Waals surface area (Å²) in [5.41, 5.74) is 2.73. The highest BCUT2D eigenvalue weighted by Gasteiger charge is 2.02. The Balaban J connectivity index is 2.55. The van der Waals surface area contributed by atoms with Gasteiger partial charge in [0, 0.05) is 0 Å². The quantitative estimate of drug-likeness (QED) is 0.357. The average molecular weight is 286 g/mol. The molecule has 0 spiro atoms.